The molecule has 1 aromatic heterocycles. The predicted molar refractivity (Wildman–Crippen MR) is 182 cm³/mol. The molecule has 240 valence electrons. The zero-order chi connectivity index (χ0) is 31.5. The Bertz CT molecular complexity index is 1210. The van der Waals surface area contributed by atoms with Crippen molar-refractivity contribution in [3.8, 4) is 28.3 Å². The molecule has 0 aliphatic rings. The third kappa shape index (κ3) is 12.5. The molecule has 0 N–H and O–H groups in total. The molecule has 0 radical (unpaired) electrons. The second-order valence-electron chi connectivity index (χ2n) is 12.5. The first-order chi connectivity index (χ1) is 21.4. The number of halogens is 1. The number of carbonyl (C=O) groups is 1. The first-order valence-corrected chi connectivity index (χ1v) is 17.4. The Labute approximate surface area is 266 Å². The van der Waals surface area contributed by atoms with E-state index in [-0.39, 0.29) is 6.42 Å². The first kappa shape index (κ1) is 35.4. The van der Waals surface area contributed by atoms with Crippen molar-refractivity contribution in [1.29, 1.82) is 0 Å². The van der Waals surface area contributed by atoms with E-state index in [9.17, 15) is 4.79 Å². The van der Waals surface area contributed by atoms with Crippen molar-refractivity contribution in [2.24, 2.45) is 0 Å². The van der Waals surface area contributed by atoms with Gasteiger partial charge in [-0.2, -0.15) is 0 Å². The van der Waals surface area contributed by atoms with Gasteiger partial charge in [-0.15, -0.1) is 0 Å². The van der Waals surface area contributed by atoms with E-state index in [2.05, 4.69) is 13.8 Å². The smallest absolute Gasteiger partial charge is 0.348 e. The van der Waals surface area contributed by atoms with Gasteiger partial charge in [0.05, 0.1) is 0 Å². The van der Waals surface area contributed by atoms with E-state index in [0.717, 1.165) is 36.0 Å². The standard InChI is InChI=1S/C39H55FN2O2/c1-4-6-8-10-12-14-16-18-22-32-30-41-37(42-31-32)36-24-20-19-23-35(36)33-25-27-34(28-26-33)44-38(43)39(3,40)29-21-17-15-13-11-9-7-5-2/h19-20,23-28,30-31H,4-18,21-22,29H2,1-3H3. The van der Waals surface area contributed by atoms with E-state index >= 15 is 4.39 Å². The van der Waals surface area contributed by atoms with Crippen LogP contribution in [0.3, 0.4) is 0 Å². The number of aryl methyl sites for hydroxylation is 1. The summed E-state index contributed by atoms with van der Waals surface area (Å²) in [6, 6.07) is 15.3. The molecule has 0 bridgehead atoms. The van der Waals surface area contributed by atoms with E-state index in [1.54, 1.807) is 12.1 Å². The molecule has 0 amide bonds. The van der Waals surface area contributed by atoms with E-state index in [0.29, 0.717) is 18.0 Å². The third-order valence-corrected chi connectivity index (χ3v) is 8.49. The first-order valence-electron chi connectivity index (χ1n) is 17.4. The highest BCUT2D eigenvalue weighted by Crippen LogP contribution is 2.32. The Morgan fingerprint density at radius 2 is 1.18 bits per heavy atom. The number of rotatable bonds is 22. The number of alkyl halides is 1. The lowest BCUT2D eigenvalue weighted by Crippen LogP contribution is -2.34. The average molecular weight is 603 g/mol. The van der Waals surface area contributed by atoms with E-state index in [1.165, 1.54) is 96.0 Å². The normalized spacial score (nSPS) is 12.6. The highest BCUT2D eigenvalue weighted by atomic mass is 19.1. The summed E-state index contributed by atoms with van der Waals surface area (Å²) in [7, 11) is 0. The van der Waals surface area contributed by atoms with Crippen LogP contribution < -0.4 is 4.74 Å². The van der Waals surface area contributed by atoms with Gasteiger partial charge in [0.25, 0.3) is 0 Å². The summed E-state index contributed by atoms with van der Waals surface area (Å²) < 4.78 is 20.6. The number of esters is 1. The maximum atomic E-state index is 15.1. The van der Waals surface area contributed by atoms with Crippen LogP contribution in [-0.2, 0) is 11.2 Å². The van der Waals surface area contributed by atoms with Crippen molar-refractivity contribution >= 4 is 5.97 Å². The van der Waals surface area contributed by atoms with Crippen LogP contribution in [0.2, 0.25) is 0 Å². The van der Waals surface area contributed by atoms with Gasteiger partial charge < -0.3 is 4.74 Å². The molecule has 0 fully saturated rings. The number of nitrogens with zero attached hydrogens (tertiary/aromatic N) is 2. The van der Waals surface area contributed by atoms with Crippen LogP contribution >= 0.6 is 0 Å². The topological polar surface area (TPSA) is 52.1 Å². The van der Waals surface area contributed by atoms with Crippen molar-refractivity contribution in [2.45, 2.75) is 142 Å². The molecule has 1 atom stereocenters. The maximum absolute atomic E-state index is 15.1. The Morgan fingerprint density at radius 1 is 0.682 bits per heavy atom. The molecule has 0 saturated heterocycles. The Morgan fingerprint density at radius 3 is 1.75 bits per heavy atom. The monoisotopic (exact) mass is 602 g/mol. The molecule has 1 unspecified atom stereocenters. The van der Waals surface area contributed by atoms with Gasteiger partial charge in [0.15, 0.2) is 5.82 Å². The van der Waals surface area contributed by atoms with Gasteiger partial charge in [0, 0.05) is 18.0 Å². The highest BCUT2D eigenvalue weighted by Gasteiger charge is 2.34. The summed E-state index contributed by atoms with van der Waals surface area (Å²) in [5.41, 5.74) is 2.06. The third-order valence-electron chi connectivity index (χ3n) is 8.49. The lowest BCUT2D eigenvalue weighted by Gasteiger charge is -2.18. The molecule has 2 aromatic carbocycles. The van der Waals surface area contributed by atoms with Crippen LogP contribution in [0, 0.1) is 0 Å². The fourth-order valence-electron chi connectivity index (χ4n) is 5.62. The molecule has 0 saturated carbocycles. The van der Waals surface area contributed by atoms with Gasteiger partial charge in [0.1, 0.15) is 5.75 Å². The molecule has 3 aromatic rings. The zero-order valence-electron chi connectivity index (χ0n) is 27.6. The number of ether oxygens (including phenoxy) is 1. The lowest BCUT2D eigenvalue weighted by atomic mass is 9.98. The molecule has 44 heavy (non-hydrogen) atoms. The fourth-order valence-corrected chi connectivity index (χ4v) is 5.62. The van der Waals surface area contributed by atoms with Crippen LogP contribution in [-0.4, -0.2) is 21.6 Å². The van der Waals surface area contributed by atoms with Crippen molar-refractivity contribution in [1.82, 2.24) is 9.97 Å². The Kier molecular flexibility index (Phi) is 16.1. The maximum Gasteiger partial charge on any atom is 0.348 e. The Hall–Kier alpha value is -3.08. The minimum atomic E-state index is -1.99. The van der Waals surface area contributed by atoms with Crippen molar-refractivity contribution < 1.29 is 13.9 Å². The second kappa shape index (κ2) is 20.0. The lowest BCUT2D eigenvalue weighted by molar-refractivity contribution is -0.147. The average Bonchev–Trinajstić information content (AvgIpc) is 3.04. The number of benzene rings is 2. The van der Waals surface area contributed by atoms with Crippen LogP contribution in [0.15, 0.2) is 60.9 Å². The summed E-state index contributed by atoms with van der Waals surface area (Å²) in [5, 5.41) is 0. The summed E-state index contributed by atoms with van der Waals surface area (Å²) in [4.78, 5) is 22.0. The second-order valence-corrected chi connectivity index (χ2v) is 12.5. The fraction of sp³-hybridized carbons (Fsp3) is 0.564. The van der Waals surface area contributed by atoms with Crippen molar-refractivity contribution in [3.63, 3.8) is 0 Å². The molecule has 0 spiro atoms. The van der Waals surface area contributed by atoms with Gasteiger partial charge in [-0.05, 0) is 61.4 Å². The van der Waals surface area contributed by atoms with Crippen molar-refractivity contribution in [3.05, 3.63) is 66.5 Å². The summed E-state index contributed by atoms with van der Waals surface area (Å²) in [6.07, 6.45) is 24.5. The van der Waals surface area contributed by atoms with Crippen LogP contribution in [0.25, 0.3) is 22.5 Å². The van der Waals surface area contributed by atoms with Gasteiger partial charge in [-0.1, -0.05) is 140 Å². The molecule has 3 rings (SSSR count). The molecule has 0 aliphatic carbocycles. The zero-order valence-corrected chi connectivity index (χ0v) is 27.6. The van der Waals surface area contributed by atoms with Gasteiger partial charge in [-0.25, -0.2) is 19.2 Å². The van der Waals surface area contributed by atoms with E-state index in [1.807, 2.05) is 48.8 Å². The number of hydrogen-bond donors (Lipinski definition) is 0. The SMILES string of the molecule is CCCCCCCCCCc1cnc(-c2ccccc2-c2ccc(OC(=O)C(C)(F)CCCCCCCCCC)cc2)nc1. The largest absolute Gasteiger partial charge is 0.424 e. The molecule has 4 nitrogen and oxygen atoms in total. The molecule has 5 heteroatoms. The van der Waals surface area contributed by atoms with Crippen LogP contribution in [0.5, 0.6) is 5.75 Å². The Balaban J connectivity index is 1.50. The number of unbranched alkanes of at least 4 members (excludes halogenated alkanes) is 14. The number of aromatic nitrogens is 2. The summed E-state index contributed by atoms with van der Waals surface area (Å²) in [6.45, 7) is 5.80. The molecule has 1 heterocycles. The molecular weight excluding hydrogens is 547 g/mol. The highest BCUT2D eigenvalue weighted by molar-refractivity contribution is 5.82. The molecule has 0 aliphatic heterocycles. The van der Waals surface area contributed by atoms with Crippen molar-refractivity contribution in [2.75, 3.05) is 0 Å². The number of hydrogen-bond acceptors (Lipinski definition) is 4. The number of carbonyl (C=O) groups excluding carboxylic acids is 1. The van der Waals surface area contributed by atoms with Crippen LogP contribution in [0.1, 0.15) is 135 Å². The quantitative estimate of drug-likeness (QED) is 0.0652. The van der Waals surface area contributed by atoms with E-state index < -0.39 is 11.6 Å². The summed E-state index contributed by atoms with van der Waals surface area (Å²) in [5.74, 6) is 0.205. The van der Waals surface area contributed by atoms with Gasteiger partial charge >= 0.3 is 5.97 Å². The van der Waals surface area contributed by atoms with Crippen LogP contribution in [0.4, 0.5) is 4.39 Å². The van der Waals surface area contributed by atoms with Gasteiger partial charge in [0.2, 0.25) is 5.67 Å². The van der Waals surface area contributed by atoms with Gasteiger partial charge in [-0.3, -0.25) is 0 Å². The minimum Gasteiger partial charge on any atom is -0.424 e. The molecular formula is C39H55FN2O2. The summed E-state index contributed by atoms with van der Waals surface area (Å²) >= 11 is 0. The minimum absolute atomic E-state index is 0.185. The predicted octanol–water partition coefficient (Wildman–Crippen LogP) is 11.7. The van der Waals surface area contributed by atoms with E-state index in [4.69, 9.17) is 14.7 Å².